The van der Waals surface area contributed by atoms with Crippen LogP contribution in [0.25, 0.3) is 9.69 Å². The number of ketones is 7. The van der Waals surface area contributed by atoms with Crippen LogP contribution in [0.4, 0.5) is 0 Å². The SMILES string of the molecule is CC1(C)C(=O)CC[C@]2(C)C3=CCCC[C@]3(C)CC[C@@H]12.CC1CCCCC1=O.CCC(=O)CCCl.[C-]#[N+]C1=C[C@]2(C)C3=CC(=O)CC[C@]3(C)CC[C@H]2C(C)(C)C1=O.[C-]#[N+]C1=C[C@]2(C)C3=CC(=O)[C@H](C#N)C[C@]3(C)CC[C@H]2C(C)(C)C1=O. The van der Waals surface area contributed by atoms with Gasteiger partial charge in [0.2, 0.25) is 11.4 Å². The molecule has 1 unspecified atom stereocenters. The van der Waals surface area contributed by atoms with Crippen molar-refractivity contribution in [3.8, 4) is 6.07 Å². The van der Waals surface area contributed by atoms with Crippen molar-refractivity contribution in [2.24, 2.45) is 78.3 Å². The maximum Gasteiger partial charge on any atom is 0.226 e. The van der Waals surface area contributed by atoms with Crippen molar-refractivity contribution in [2.45, 2.75) is 225 Å². The van der Waals surface area contributed by atoms with Gasteiger partial charge in [0.15, 0.2) is 23.1 Å². The van der Waals surface area contributed by atoms with Crippen molar-refractivity contribution in [3.63, 3.8) is 0 Å². The van der Waals surface area contributed by atoms with Gasteiger partial charge in [-0.2, -0.15) is 5.26 Å². The van der Waals surface area contributed by atoms with E-state index in [0.29, 0.717) is 60.4 Å². The standard InChI is InChI=1S/C20H22N2O2.C19H23NO2.C18H28O.C7H12O.C5H9ClO/c1-18(2)15-6-7-19(3)9-12(11-21)14(23)8-16(19)20(15,4)10-13(22-5)17(18)24;1-17(2)14-7-9-18(3)8-6-12(21)10-15(18)19(14,4)11-13(20-5)16(17)22;1-16(2)13-8-11-17(3)10-6-5-7-14(17)18(13,4)12-9-15(16)19;1-6-4-2-3-5-7(6)8;1-2-5(7)3-4-6/h8,10,12,15H,6-7,9H2,1-4H3;10-11,14H,6-9H2,1-4H3;7,13H,5-6,8-12H2,1-4H3;6H,2-5H2,1H3;2-4H2,1H3/t12-,15-,19-,20-;14-,18+,19-;13-,17+,18-;;/m000../s1. The van der Waals surface area contributed by atoms with Crippen LogP contribution in [0, 0.1) is 103 Å². The van der Waals surface area contributed by atoms with Crippen molar-refractivity contribution >= 4 is 52.1 Å². The average Bonchev–Trinajstić information content (AvgIpc) is 3.41. The largest absolute Gasteiger partial charge is 0.307 e. The molecular weight excluding hydrogens is 1020 g/mol. The van der Waals surface area contributed by atoms with Gasteiger partial charge < -0.3 is 9.59 Å². The minimum absolute atomic E-state index is 0.0270. The van der Waals surface area contributed by atoms with Gasteiger partial charge in [-0.05, 0) is 141 Å². The molecule has 0 heterocycles. The lowest BCUT2D eigenvalue weighted by atomic mass is 9.44. The van der Waals surface area contributed by atoms with Gasteiger partial charge in [-0.25, -0.2) is 9.69 Å². The third-order valence-electron chi connectivity index (χ3n) is 22.4. The number of carbonyl (C=O) groups is 7. The third kappa shape index (κ3) is 11.7. The Morgan fingerprint density at radius 1 is 0.637 bits per heavy atom. The van der Waals surface area contributed by atoms with E-state index >= 15 is 0 Å². The number of nitriles is 1. The van der Waals surface area contributed by atoms with Crippen molar-refractivity contribution in [1.29, 1.82) is 5.26 Å². The predicted octanol–water partition coefficient (Wildman–Crippen LogP) is 16.2. The van der Waals surface area contributed by atoms with E-state index in [1.54, 1.807) is 17.7 Å². The minimum Gasteiger partial charge on any atom is -0.307 e. The van der Waals surface area contributed by atoms with Crippen LogP contribution in [-0.4, -0.2) is 46.4 Å². The van der Waals surface area contributed by atoms with Gasteiger partial charge in [-0.15, -0.1) is 11.6 Å². The molecule has 10 aliphatic carbocycles. The first-order chi connectivity index (χ1) is 37.2. The second-order valence-electron chi connectivity index (χ2n) is 28.8. The normalized spacial score (nSPS) is 37.7. The van der Waals surface area contributed by atoms with Crippen molar-refractivity contribution < 1.29 is 33.6 Å². The molecular formula is C69H94ClN3O7. The Morgan fingerprint density at radius 3 is 1.64 bits per heavy atom. The fourth-order valence-corrected chi connectivity index (χ4v) is 17.8. The summed E-state index contributed by atoms with van der Waals surface area (Å²) in [4.78, 5) is 90.1. The highest BCUT2D eigenvalue weighted by Gasteiger charge is 2.62. The van der Waals surface area contributed by atoms with Crippen LogP contribution in [0.5, 0.6) is 0 Å². The number of fused-ring (bicyclic) bond motifs is 9. The number of alkyl halides is 1. The van der Waals surface area contributed by atoms with Crippen LogP contribution in [-0.2, 0) is 33.6 Å². The Labute approximate surface area is 485 Å². The van der Waals surface area contributed by atoms with E-state index < -0.39 is 22.2 Å². The molecule has 5 saturated carbocycles. The molecule has 0 aromatic carbocycles. The second-order valence-corrected chi connectivity index (χ2v) is 29.2. The third-order valence-corrected chi connectivity index (χ3v) is 22.6. The summed E-state index contributed by atoms with van der Waals surface area (Å²) in [6.07, 6.45) is 29.2. The fourth-order valence-electron chi connectivity index (χ4n) is 17.6. The maximum atomic E-state index is 12.7. The van der Waals surface area contributed by atoms with Crippen molar-refractivity contribution in [3.05, 3.63) is 81.3 Å². The highest BCUT2D eigenvalue weighted by atomic mass is 35.5. The van der Waals surface area contributed by atoms with Gasteiger partial charge in [-0.3, -0.25) is 24.0 Å². The first kappa shape index (κ1) is 64.3. The Bertz CT molecular complexity index is 2840. The van der Waals surface area contributed by atoms with Gasteiger partial charge in [-0.1, -0.05) is 138 Å². The van der Waals surface area contributed by atoms with E-state index in [2.05, 4.69) is 77.2 Å². The molecule has 0 aromatic rings. The van der Waals surface area contributed by atoms with E-state index in [-0.39, 0.29) is 79.2 Å². The molecule has 0 bridgehead atoms. The molecule has 0 saturated heterocycles. The summed E-state index contributed by atoms with van der Waals surface area (Å²) >= 11 is 5.25. The molecule has 0 aliphatic heterocycles. The zero-order valence-corrected chi connectivity index (χ0v) is 52.0. The van der Waals surface area contributed by atoms with Crippen molar-refractivity contribution in [2.75, 3.05) is 5.88 Å². The van der Waals surface area contributed by atoms with Gasteiger partial charge in [0.1, 0.15) is 23.3 Å². The number of rotatable bonds is 3. The summed E-state index contributed by atoms with van der Waals surface area (Å²) in [6.45, 7) is 44.3. The average molecular weight is 1110 g/mol. The van der Waals surface area contributed by atoms with E-state index in [4.69, 9.17) is 24.7 Å². The first-order valence-electron chi connectivity index (χ1n) is 30.2. The van der Waals surface area contributed by atoms with Crippen LogP contribution >= 0.6 is 11.6 Å². The number of nitrogens with zero attached hydrogens (tertiary/aromatic N) is 3. The van der Waals surface area contributed by atoms with Gasteiger partial charge in [0, 0.05) is 71.0 Å². The number of hydrogen-bond donors (Lipinski definition) is 0. The second kappa shape index (κ2) is 23.8. The van der Waals surface area contributed by atoms with E-state index in [1.165, 1.54) is 38.5 Å². The fraction of sp³-hybridized carbons (Fsp3) is 0.710. The lowest BCUT2D eigenvalue weighted by Gasteiger charge is -2.60. The van der Waals surface area contributed by atoms with Gasteiger partial charge in [0.05, 0.1) is 19.2 Å². The summed E-state index contributed by atoms with van der Waals surface area (Å²) in [7, 11) is 0. The van der Waals surface area contributed by atoms with Crippen LogP contribution in [0.15, 0.2) is 58.5 Å². The van der Waals surface area contributed by atoms with Gasteiger partial charge >= 0.3 is 0 Å². The molecule has 80 heavy (non-hydrogen) atoms. The molecule has 0 amide bonds. The van der Waals surface area contributed by atoms with Gasteiger partial charge in [0.25, 0.3) is 0 Å². The lowest BCUT2D eigenvalue weighted by molar-refractivity contribution is -0.141. The van der Waals surface area contributed by atoms with Crippen LogP contribution in [0.3, 0.4) is 0 Å². The van der Waals surface area contributed by atoms with Crippen LogP contribution in [0.2, 0.25) is 0 Å². The Morgan fingerprint density at radius 2 is 1.16 bits per heavy atom. The topological polar surface area (TPSA) is 152 Å². The zero-order valence-electron chi connectivity index (χ0n) is 51.2. The van der Waals surface area contributed by atoms with E-state index in [1.807, 2.05) is 53.7 Å². The molecule has 10 aliphatic rings. The summed E-state index contributed by atoms with van der Waals surface area (Å²) in [5, 5.41) is 9.26. The highest BCUT2D eigenvalue weighted by molar-refractivity contribution is 6.19. The molecule has 10 nitrogen and oxygen atoms in total. The summed E-state index contributed by atoms with van der Waals surface area (Å²) in [5.74, 6) is 2.13. The summed E-state index contributed by atoms with van der Waals surface area (Å²) in [5.41, 5.74) is 2.66. The number of carbonyl (C=O) groups excluding carboxylic acids is 7. The maximum absolute atomic E-state index is 12.7. The monoisotopic (exact) mass is 1110 g/mol. The number of Topliss-reactive ketones (excluding diaryl/α,β-unsaturated/α-hetero) is 5. The van der Waals surface area contributed by atoms with E-state index in [0.717, 1.165) is 75.4 Å². The molecule has 0 N–H and O–H groups in total. The van der Waals surface area contributed by atoms with Crippen LogP contribution in [0.1, 0.15) is 225 Å². The Kier molecular flexibility index (Phi) is 19.1. The highest BCUT2D eigenvalue weighted by Crippen LogP contribution is 2.67. The lowest BCUT2D eigenvalue weighted by Crippen LogP contribution is -2.54. The molecule has 11 atom stereocenters. The minimum atomic E-state index is -0.624. The zero-order chi connectivity index (χ0) is 59.8. The van der Waals surface area contributed by atoms with E-state index in [9.17, 15) is 38.8 Å². The molecule has 10 rings (SSSR count). The Balaban J connectivity index is 0.000000172. The molecule has 0 spiro atoms. The number of halogens is 1. The summed E-state index contributed by atoms with van der Waals surface area (Å²) in [6, 6.07) is 2.13. The number of allylic oxidation sites excluding steroid dienone is 10. The molecule has 0 aromatic heterocycles. The molecule has 0 radical (unpaired) electrons. The smallest absolute Gasteiger partial charge is 0.226 e. The predicted molar refractivity (Wildman–Crippen MR) is 316 cm³/mol. The first-order valence-corrected chi connectivity index (χ1v) is 30.8. The molecule has 11 heteroatoms. The molecule has 5 fully saturated rings. The summed E-state index contributed by atoms with van der Waals surface area (Å²) < 4.78 is 0. The quantitative estimate of drug-likeness (QED) is 0.154. The number of hydrogen-bond acceptors (Lipinski definition) is 8. The molecule has 434 valence electrons. The van der Waals surface area contributed by atoms with Crippen molar-refractivity contribution in [1.82, 2.24) is 0 Å². The van der Waals surface area contributed by atoms with Crippen LogP contribution < -0.4 is 0 Å². The Hall–Kier alpha value is -4.85.